The molecule has 104 heavy (non-hydrogen) atoms. The molecule has 0 fully saturated rings. The molecule has 9 aromatic carbocycles. The van der Waals surface area contributed by atoms with Crippen molar-refractivity contribution in [3.05, 3.63) is 290 Å². The molecule has 0 aliphatic heterocycles. The van der Waals surface area contributed by atoms with Gasteiger partial charge in [-0.2, -0.15) is 0 Å². The molecular weight excluding hydrogens is 1640 g/mol. The van der Waals surface area contributed by atoms with Crippen molar-refractivity contribution in [2.24, 2.45) is 22.7 Å². The minimum atomic E-state index is -0.443. The Labute approximate surface area is 644 Å². The summed E-state index contributed by atoms with van der Waals surface area (Å²) in [7, 11) is 0. The molecule has 0 aliphatic rings. The number of benzene rings is 9. The molecule has 540 valence electrons. The van der Waals surface area contributed by atoms with Gasteiger partial charge in [0.05, 0.1) is 58.2 Å². The first-order valence-electron chi connectivity index (χ1n) is 35.3. The molecule has 0 saturated carbocycles. The van der Waals surface area contributed by atoms with Gasteiger partial charge in [-0.3, -0.25) is 19.9 Å². The second-order valence-electron chi connectivity index (χ2n) is 29.1. The number of fused-ring (bicyclic) bond motifs is 3. The average Bonchev–Trinajstić information content (AvgIpc) is 0.766. The molecular formula is C92H98Ir2N6O4-2. The molecule has 13 aromatic rings. The predicted molar refractivity (Wildman–Crippen MR) is 423 cm³/mol. The van der Waals surface area contributed by atoms with Gasteiger partial charge in [0, 0.05) is 105 Å². The van der Waals surface area contributed by atoms with E-state index < -0.39 is 12.2 Å². The number of aryl methyl sites for hydroxylation is 4. The Kier molecular flexibility index (Phi) is 30.7. The fraction of sp³-hybridized carbons (Fsp3) is 0.261. The Morgan fingerprint density at radius 1 is 0.365 bits per heavy atom. The molecule has 0 amide bonds. The molecule has 0 bridgehead atoms. The fourth-order valence-corrected chi connectivity index (χ4v) is 11.6. The fourth-order valence-electron chi connectivity index (χ4n) is 11.6. The third kappa shape index (κ3) is 22.8. The zero-order chi connectivity index (χ0) is 73.1. The molecule has 4 N–H and O–H groups in total. The van der Waals surface area contributed by atoms with E-state index in [2.05, 4.69) is 177 Å². The van der Waals surface area contributed by atoms with Crippen LogP contribution in [0, 0.1) is 62.5 Å². The Bertz CT molecular complexity index is 4620. The van der Waals surface area contributed by atoms with Crippen molar-refractivity contribution in [3.63, 3.8) is 0 Å². The van der Waals surface area contributed by atoms with Gasteiger partial charge in [0.2, 0.25) is 0 Å². The number of hydrogen-bond donors (Lipinski definition) is 4. The Hall–Kier alpha value is -8.90. The van der Waals surface area contributed by atoms with Gasteiger partial charge in [0.25, 0.3) is 0 Å². The normalized spacial score (nSPS) is 12.3. The van der Waals surface area contributed by atoms with Crippen LogP contribution in [0.4, 0.5) is 0 Å². The van der Waals surface area contributed by atoms with E-state index >= 15 is 0 Å². The van der Waals surface area contributed by atoms with Gasteiger partial charge < -0.3 is 30.4 Å². The van der Waals surface area contributed by atoms with Crippen LogP contribution in [0.25, 0.3) is 112 Å². The van der Waals surface area contributed by atoms with Crippen molar-refractivity contribution in [2.45, 2.75) is 134 Å². The first-order chi connectivity index (χ1) is 48.8. The van der Waals surface area contributed by atoms with E-state index in [0.29, 0.717) is 12.8 Å². The molecule has 10 nitrogen and oxygen atoms in total. The summed E-state index contributed by atoms with van der Waals surface area (Å²) in [6.07, 6.45) is 6.77. The van der Waals surface area contributed by atoms with Crippen LogP contribution in [0.2, 0.25) is 0 Å². The van der Waals surface area contributed by atoms with E-state index in [1.807, 2.05) is 197 Å². The van der Waals surface area contributed by atoms with Gasteiger partial charge >= 0.3 is 0 Å². The summed E-state index contributed by atoms with van der Waals surface area (Å²) < 4.78 is 0. The molecule has 12 heteroatoms. The Morgan fingerprint density at radius 3 is 1.12 bits per heavy atom. The molecule has 4 atom stereocenters. The summed E-state index contributed by atoms with van der Waals surface area (Å²) in [6, 6.07) is 85.2. The molecule has 4 heterocycles. The number of aliphatic hydroxyl groups excluding tert-OH is 4. The van der Waals surface area contributed by atoms with Crippen LogP contribution in [0.15, 0.2) is 255 Å². The van der Waals surface area contributed by atoms with Crippen molar-refractivity contribution in [1.29, 1.82) is 0 Å². The average molecular weight is 1740 g/mol. The molecule has 0 aliphatic carbocycles. The molecule has 4 unspecified atom stereocenters. The van der Waals surface area contributed by atoms with Crippen molar-refractivity contribution in [2.75, 3.05) is 0 Å². The SMILES string of the molecule is CC(C)(C)C(O)CC(O)C(C)(C)C.CC(C)C(O)CC(O)C(C)C.Cc1[c-]c(-c2ncc(-c3ccccc3)nc2-c2cc(C)cc(C)c2)cc(C)c1.[Ir].[Ir].[c-]1ccccc1-c1ncc(-c2ccccc2)nc1-c1ccccc1.c1ccc(-c2ccnc3c2ccc2c(-c4ccccc4)ccnc23)cc1. The molecule has 13 rings (SSSR count). The number of rotatable bonds is 14. The maximum absolute atomic E-state index is 9.76. The second kappa shape index (κ2) is 38.7. The monoisotopic (exact) mass is 1740 g/mol. The summed E-state index contributed by atoms with van der Waals surface area (Å²) in [5.41, 5.74) is 22.5. The number of pyridine rings is 2. The third-order valence-electron chi connectivity index (χ3n) is 17.9. The van der Waals surface area contributed by atoms with E-state index in [-0.39, 0.29) is 75.1 Å². The third-order valence-corrected chi connectivity index (χ3v) is 17.9. The smallest absolute Gasteiger partial charge is 0.0970 e. The van der Waals surface area contributed by atoms with Gasteiger partial charge in [0.1, 0.15) is 0 Å². The van der Waals surface area contributed by atoms with E-state index in [9.17, 15) is 20.4 Å². The van der Waals surface area contributed by atoms with Crippen LogP contribution in [0.1, 0.15) is 104 Å². The second-order valence-corrected chi connectivity index (χ2v) is 29.1. The Balaban J connectivity index is 0.000000188. The van der Waals surface area contributed by atoms with E-state index in [1.165, 1.54) is 38.9 Å². The van der Waals surface area contributed by atoms with Crippen molar-refractivity contribution in [1.82, 2.24) is 29.9 Å². The number of aromatic nitrogens is 6. The van der Waals surface area contributed by atoms with E-state index in [4.69, 9.17) is 19.9 Å². The van der Waals surface area contributed by atoms with Crippen LogP contribution in [0.5, 0.6) is 0 Å². The van der Waals surface area contributed by atoms with Crippen LogP contribution < -0.4 is 0 Å². The van der Waals surface area contributed by atoms with Crippen molar-refractivity contribution in [3.8, 4) is 89.8 Å². The maximum Gasteiger partial charge on any atom is 0.0970 e. The minimum absolute atomic E-state index is 0. The standard InChI is InChI=1S/C26H23N2.C24H16N2.C22H15N2.C11H24O2.C9H20O2.2Ir/c1-17-10-18(2)13-22(12-17)25-26(23-14-19(3)11-20(4)15-23)28-24(16-27-25)21-8-6-5-7-9-21;1-3-7-17(8-4-1)19-13-15-25-23-21(19)11-12-22-20(14-16-26-24(22)23)18-9-5-2-6-10-18;1-4-10-17(11-5-1)20-16-23-21(18-12-6-2-7-13-18)22(24-20)19-14-8-3-9-15-19;1-10(2,3)8(12)7-9(13)11(4,5)6;1-6(2)8(10)5-9(11)7(3)4;;/h5-12,14-16H,1-4H3;1-16H;1-12,14-16H;8-9,12-13H,7H2,1-6H3;6-11H,5H2,1-4H3;;/q-1;;-1;;;;. The number of hydrogen-bond acceptors (Lipinski definition) is 10. The largest absolute Gasteiger partial charge is 0.393 e. The summed E-state index contributed by atoms with van der Waals surface area (Å²) >= 11 is 0. The maximum atomic E-state index is 9.76. The van der Waals surface area contributed by atoms with Crippen molar-refractivity contribution >= 4 is 21.8 Å². The van der Waals surface area contributed by atoms with Gasteiger partial charge in [0.15, 0.2) is 0 Å². The van der Waals surface area contributed by atoms with Crippen LogP contribution in [-0.2, 0) is 40.2 Å². The van der Waals surface area contributed by atoms with Gasteiger partial charge in [-0.25, -0.2) is 0 Å². The topological polar surface area (TPSA) is 158 Å². The van der Waals surface area contributed by atoms with E-state index in [1.54, 1.807) is 0 Å². The van der Waals surface area contributed by atoms with Gasteiger partial charge in [-0.1, -0.05) is 276 Å². The van der Waals surface area contributed by atoms with Crippen LogP contribution in [0.3, 0.4) is 0 Å². The van der Waals surface area contributed by atoms with Crippen LogP contribution >= 0.6 is 0 Å². The molecule has 0 saturated heterocycles. The van der Waals surface area contributed by atoms with Crippen molar-refractivity contribution < 1.29 is 60.6 Å². The quantitative estimate of drug-likeness (QED) is 0.0610. The zero-order valence-corrected chi connectivity index (χ0v) is 67.1. The first-order valence-corrected chi connectivity index (χ1v) is 35.3. The minimum Gasteiger partial charge on any atom is -0.393 e. The summed E-state index contributed by atoms with van der Waals surface area (Å²) in [5, 5.41) is 40.5. The summed E-state index contributed by atoms with van der Waals surface area (Å²) in [4.78, 5) is 28.8. The summed E-state index contributed by atoms with van der Waals surface area (Å²) in [6.45, 7) is 28.1. The molecule has 4 aromatic heterocycles. The predicted octanol–water partition coefficient (Wildman–Crippen LogP) is 21.5. The summed E-state index contributed by atoms with van der Waals surface area (Å²) in [5.74, 6) is 0.479. The van der Waals surface area contributed by atoms with Gasteiger partial charge in [-0.15, -0.1) is 70.8 Å². The molecule has 0 spiro atoms. The number of nitrogens with zero attached hydrogens (tertiary/aromatic N) is 6. The molecule has 2 radical (unpaired) electrons. The van der Waals surface area contributed by atoms with Gasteiger partial charge in [-0.05, 0) is 88.4 Å². The first kappa shape index (κ1) is 82.4. The van der Waals surface area contributed by atoms with Crippen LogP contribution in [-0.4, -0.2) is 74.7 Å². The zero-order valence-electron chi connectivity index (χ0n) is 62.3. The number of aliphatic hydroxyl groups is 4. The van der Waals surface area contributed by atoms with E-state index in [0.717, 1.165) is 94.9 Å². The Morgan fingerprint density at radius 2 is 0.740 bits per heavy atom.